The van der Waals surface area contributed by atoms with E-state index in [-0.39, 0.29) is 36.1 Å². The van der Waals surface area contributed by atoms with E-state index in [4.69, 9.17) is 5.11 Å². The molecule has 9 nitrogen and oxygen atoms in total. The third-order valence-electron chi connectivity index (χ3n) is 5.43. The third kappa shape index (κ3) is 2.88. The van der Waals surface area contributed by atoms with Gasteiger partial charge in [-0.2, -0.15) is 0 Å². The Morgan fingerprint density at radius 3 is 2.76 bits per heavy atom. The molecule has 3 atom stereocenters. The lowest BCUT2D eigenvalue weighted by atomic mass is 10.0. The van der Waals surface area contributed by atoms with Crippen molar-refractivity contribution in [3.8, 4) is 0 Å². The molecule has 0 spiro atoms. The second-order valence-corrected chi connectivity index (χ2v) is 6.96. The number of nitrogens with one attached hydrogen (secondary N) is 1. The van der Waals surface area contributed by atoms with Crippen molar-refractivity contribution in [3.63, 3.8) is 0 Å². The molecule has 4 aliphatic heterocycles. The van der Waals surface area contributed by atoms with Crippen molar-refractivity contribution in [2.75, 3.05) is 26.2 Å². The van der Waals surface area contributed by atoms with Gasteiger partial charge in [-0.1, -0.05) is 6.08 Å². The van der Waals surface area contributed by atoms with Crippen molar-refractivity contribution in [2.45, 2.75) is 37.1 Å². The van der Waals surface area contributed by atoms with Gasteiger partial charge in [0.25, 0.3) is 5.91 Å². The summed E-state index contributed by atoms with van der Waals surface area (Å²) in [5.74, 6) is -0.206. The van der Waals surface area contributed by atoms with Crippen LogP contribution in [0.5, 0.6) is 0 Å². The van der Waals surface area contributed by atoms with E-state index in [9.17, 15) is 14.4 Å². The number of carbonyl (C=O) groups excluding carboxylic acids is 2. The smallest absolute Gasteiger partial charge is 0.404 e. The van der Waals surface area contributed by atoms with Gasteiger partial charge in [0.1, 0.15) is 12.2 Å². The summed E-state index contributed by atoms with van der Waals surface area (Å²) in [5, 5.41) is 11.3. The summed E-state index contributed by atoms with van der Waals surface area (Å²) in [6.45, 7) is 2.76. The molecular formula is C16H21N5O4. The first-order chi connectivity index (χ1) is 12.0. The van der Waals surface area contributed by atoms with Crippen molar-refractivity contribution >= 4 is 24.1 Å². The summed E-state index contributed by atoms with van der Waals surface area (Å²) in [6, 6.07) is -0.243. The van der Waals surface area contributed by atoms with Gasteiger partial charge in [0, 0.05) is 38.3 Å². The lowest BCUT2D eigenvalue weighted by molar-refractivity contribution is -0.135. The van der Waals surface area contributed by atoms with Gasteiger partial charge >= 0.3 is 6.09 Å². The van der Waals surface area contributed by atoms with E-state index < -0.39 is 6.09 Å². The topological polar surface area (TPSA) is 106 Å². The quantitative estimate of drug-likeness (QED) is 0.689. The molecule has 0 aliphatic carbocycles. The molecular weight excluding hydrogens is 326 g/mol. The monoisotopic (exact) mass is 347 g/mol. The maximum Gasteiger partial charge on any atom is 0.404 e. The van der Waals surface area contributed by atoms with Crippen LogP contribution in [0, 0.1) is 0 Å². The molecule has 0 aromatic carbocycles. The Bertz CT molecular complexity index is 655. The summed E-state index contributed by atoms with van der Waals surface area (Å²) in [6.07, 6.45) is 4.89. The first-order valence-corrected chi connectivity index (χ1v) is 8.59. The summed E-state index contributed by atoms with van der Waals surface area (Å²) < 4.78 is 0. The van der Waals surface area contributed by atoms with Crippen molar-refractivity contribution in [2.24, 2.45) is 4.99 Å². The molecule has 134 valence electrons. The SMILES string of the molecule is O=C(O)NC1CCN(CC2CN3C(=O)C=NC4C=CC(=O)N2C43)CC1. The van der Waals surface area contributed by atoms with Crippen molar-refractivity contribution in [1.29, 1.82) is 0 Å². The number of hydrogen-bond donors (Lipinski definition) is 2. The van der Waals surface area contributed by atoms with Crippen LogP contribution >= 0.6 is 0 Å². The molecule has 0 radical (unpaired) electrons. The first-order valence-electron chi connectivity index (χ1n) is 8.59. The highest BCUT2D eigenvalue weighted by Gasteiger charge is 2.50. The van der Waals surface area contributed by atoms with E-state index in [1.807, 2.05) is 0 Å². The van der Waals surface area contributed by atoms with Gasteiger partial charge in [-0.25, -0.2) is 4.79 Å². The van der Waals surface area contributed by atoms with Gasteiger partial charge in [0.05, 0.1) is 12.3 Å². The van der Waals surface area contributed by atoms with E-state index in [1.165, 1.54) is 6.21 Å². The Balaban J connectivity index is 1.42. The zero-order valence-corrected chi connectivity index (χ0v) is 13.7. The molecule has 0 bridgehead atoms. The minimum absolute atomic E-state index is 0.0115. The summed E-state index contributed by atoms with van der Waals surface area (Å²) in [4.78, 5) is 45.3. The Kier molecular flexibility index (Phi) is 3.95. The maximum atomic E-state index is 12.4. The standard InChI is InChI=1S/C16H21N5O4/c22-13-2-1-12-15-20(14(23)7-17-12)9-11(21(13)15)8-19-5-3-10(4-6-19)18-16(24)25/h1-2,7,10-12,15,18H,3-6,8-9H2,(H,24,25). The molecule has 4 rings (SSSR count). The highest BCUT2D eigenvalue weighted by atomic mass is 16.4. The molecule has 2 N–H and O–H groups in total. The van der Waals surface area contributed by atoms with Crippen molar-refractivity contribution in [3.05, 3.63) is 12.2 Å². The van der Waals surface area contributed by atoms with Crippen LogP contribution in [0.4, 0.5) is 4.79 Å². The molecule has 2 saturated heterocycles. The van der Waals surface area contributed by atoms with Crippen LogP contribution < -0.4 is 5.32 Å². The van der Waals surface area contributed by atoms with E-state index in [2.05, 4.69) is 15.2 Å². The zero-order chi connectivity index (χ0) is 17.6. The second kappa shape index (κ2) is 6.14. The predicted molar refractivity (Wildman–Crippen MR) is 88.2 cm³/mol. The van der Waals surface area contributed by atoms with Crippen LogP contribution in [0.3, 0.4) is 0 Å². The van der Waals surface area contributed by atoms with Gasteiger partial charge in [0.15, 0.2) is 0 Å². The maximum absolute atomic E-state index is 12.4. The average molecular weight is 347 g/mol. The van der Waals surface area contributed by atoms with Crippen molar-refractivity contribution in [1.82, 2.24) is 20.0 Å². The minimum Gasteiger partial charge on any atom is -0.465 e. The number of aliphatic imine (C=N–C) groups is 1. The van der Waals surface area contributed by atoms with Crippen molar-refractivity contribution < 1.29 is 19.5 Å². The molecule has 4 aliphatic rings. The van der Waals surface area contributed by atoms with Crippen LogP contribution in [0.2, 0.25) is 0 Å². The molecule has 3 amide bonds. The zero-order valence-electron chi connectivity index (χ0n) is 13.7. The summed E-state index contributed by atoms with van der Waals surface area (Å²) in [7, 11) is 0. The number of likely N-dealkylation sites (tertiary alicyclic amines) is 1. The van der Waals surface area contributed by atoms with Gasteiger partial charge in [-0.05, 0) is 12.8 Å². The van der Waals surface area contributed by atoms with E-state index >= 15 is 0 Å². The molecule has 4 heterocycles. The fourth-order valence-corrected chi connectivity index (χ4v) is 4.26. The molecule has 0 aromatic heterocycles. The molecule has 3 unspecified atom stereocenters. The van der Waals surface area contributed by atoms with Crippen LogP contribution in [-0.2, 0) is 9.59 Å². The van der Waals surface area contributed by atoms with Gasteiger partial charge < -0.3 is 25.1 Å². The lowest BCUT2D eigenvalue weighted by Gasteiger charge is -2.39. The van der Waals surface area contributed by atoms with Crippen LogP contribution in [0.1, 0.15) is 12.8 Å². The largest absolute Gasteiger partial charge is 0.465 e. The number of nitrogens with zero attached hydrogens (tertiary/aromatic N) is 4. The average Bonchev–Trinajstić information content (AvgIpc) is 2.96. The number of piperidine rings is 1. The van der Waals surface area contributed by atoms with E-state index in [0.29, 0.717) is 13.1 Å². The Hall–Kier alpha value is -2.42. The lowest BCUT2D eigenvalue weighted by Crippen LogP contribution is -2.56. The van der Waals surface area contributed by atoms with Gasteiger partial charge in [-0.3, -0.25) is 14.6 Å². The fraction of sp³-hybridized carbons (Fsp3) is 0.625. The van der Waals surface area contributed by atoms with E-state index in [0.717, 1.165) is 25.9 Å². The number of hydrogen-bond acceptors (Lipinski definition) is 5. The highest BCUT2D eigenvalue weighted by molar-refractivity contribution is 6.27. The Morgan fingerprint density at radius 2 is 2.04 bits per heavy atom. The number of carbonyl (C=O) groups is 3. The normalized spacial score (nSPS) is 32.2. The molecule has 0 saturated carbocycles. The molecule has 25 heavy (non-hydrogen) atoms. The highest BCUT2D eigenvalue weighted by Crippen LogP contribution is 2.31. The molecule has 9 heteroatoms. The van der Waals surface area contributed by atoms with Crippen LogP contribution in [0.25, 0.3) is 0 Å². The van der Waals surface area contributed by atoms with Crippen LogP contribution in [-0.4, -0.2) is 94.4 Å². The second-order valence-electron chi connectivity index (χ2n) is 6.96. The number of rotatable bonds is 3. The molecule has 2 fully saturated rings. The first kappa shape index (κ1) is 16.1. The van der Waals surface area contributed by atoms with Gasteiger partial charge in [0.2, 0.25) is 5.91 Å². The predicted octanol–water partition coefficient (Wildman–Crippen LogP) is -0.893. The van der Waals surface area contributed by atoms with Crippen LogP contribution in [0.15, 0.2) is 17.1 Å². The Labute approximate surface area is 145 Å². The summed E-state index contributed by atoms with van der Waals surface area (Å²) in [5.41, 5.74) is 0. The third-order valence-corrected chi connectivity index (χ3v) is 5.43. The van der Waals surface area contributed by atoms with Gasteiger partial charge in [-0.15, -0.1) is 0 Å². The van der Waals surface area contributed by atoms with E-state index in [1.54, 1.807) is 22.0 Å². The molecule has 0 aromatic rings. The number of amides is 3. The summed E-state index contributed by atoms with van der Waals surface area (Å²) >= 11 is 0. The number of carboxylic acid groups (broad SMARTS) is 1. The minimum atomic E-state index is -0.985. The fourth-order valence-electron chi connectivity index (χ4n) is 4.26. The Morgan fingerprint density at radius 1 is 1.28 bits per heavy atom.